The van der Waals surface area contributed by atoms with E-state index >= 15 is 0 Å². The SMILES string of the molecule is C=CCNC(=O)Cn1c(CO)cnc1SCC(=O)Nc1ccc(CC)cc1. The van der Waals surface area contributed by atoms with E-state index in [1.807, 2.05) is 24.3 Å². The molecule has 2 aromatic rings. The number of carbonyl (C=O) groups is 2. The van der Waals surface area contributed by atoms with Crippen molar-refractivity contribution in [2.45, 2.75) is 31.7 Å². The number of nitrogens with one attached hydrogen (secondary N) is 2. The second-order valence-corrected chi connectivity index (χ2v) is 6.70. The second-order valence-electron chi connectivity index (χ2n) is 5.76. The van der Waals surface area contributed by atoms with Crippen LogP contribution in [0.1, 0.15) is 18.2 Å². The molecular weight excluding hydrogens is 364 g/mol. The standard InChI is InChI=1S/C19H24N4O3S/c1-3-9-20-17(25)11-23-16(12-24)10-21-19(23)27-13-18(26)22-15-7-5-14(4-2)6-8-15/h3,5-8,10,24H,1,4,9,11-13H2,2H3,(H,20,25)(H,22,26). The molecule has 0 spiro atoms. The number of rotatable bonds is 10. The van der Waals surface area contributed by atoms with Gasteiger partial charge in [-0.05, 0) is 24.1 Å². The molecule has 0 aliphatic carbocycles. The Bertz CT molecular complexity index is 787. The first-order valence-electron chi connectivity index (χ1n) is 8.61. The number of benzene rings is 1. The predicted molar refractivity (Wildman–Crippen MR) is 107 cm³/mol. The number of hydrogen-bond acceptors (Lipinski definition) is 5. The van der Waals surface area contributed by atoms with E-state index in [2.05, 4.69) is 29.1 Å². The number of hydrogen-bond donors (Lipinski definition) is 3. The Hall–Kier alpha value is -2.58. The summed E-state index contributed by atoms with van der Waals surface area (Å²) < 4.78 is 1.60. The lowest BCUT2D eigenvalue weighted by atomic mass is 10.1. The predicted octanol–water partition coefficient (Wildman–Crippen LogP) is 1.97. The second kappa shape index (κ2) is 10.5. The van der Waals surface area contributed by atoms with Gasteiger partial charge >= 0.3 is 0 Å². The van der Waals surface area contributed by atoms with Crippen LogP contribution in [-0.4, -0.2) is 38.8 Å². The fraction of sp³-hybridized carbons (Fsp3) is 0.316. The molecule has 0 bridgehead atoms. The molecule has 0 fully saturated rings. The highest BCUT2D eigenvalue weighted by molar-refractivity contribution is 7.99. The molecule has 27 heavy (non-hydrogen) atoms. The number of aliphatic hydroxyl groups is 1. The van der Waals surface area contributed by atoms with Gasteiger partial charge in [-0.15, -0.1) is 6.58 Å². The van der Waals surface area contributed by atoms with E-state index in [0.717, 1.165) is 12.1 Å². The van der Waals surface area contributed by atoms with Crippen LogP contribution in [0.15, 0.2) is 48.3 Å². The normalized spacial score (nSPS) is 10.4. The molecule has 0 aliphatic heterocycles. The van der Waals surface area contributed by atoms with Gasteiger partial charge in [0, 0.05) is 12.2 Å². The van der Waals surface area contributed by atoms with E-state index in [-0.39, 0.29) is 30.7 Å². The molecule has 2 amide bonds. The van der Waals surface area contributed by atoms with Gasteiger partial charge in [-0.2, -0.15) is 0 Å². The Morgan fingerprint density at radius 1 is 1.30 bits per heavy atom. The van der Waals surface area contributed by atoms with Crippen LogP contribution in [0.2, 0.25) is 0 Å². The van der Waals surface area contributed by atoms with Crippen molar-refractivity contribution in [3.8, 4) is 0 Å². The summed E-state index contributed by atoms with van der Waals surface area (Å²) >= 11 is 1.21. The van der Waals surface area contributed by atoms with Crippen LogP contribution in [-0.2, 0) is 29.2 Å². The lowest BCUT2D eigenvalue weighted by Crippen LogP contribution is -2.28. The number of amides is 2. The third kappa shape index (κ3) is 6.26. The van der Waals surface area contributed by atoms with Crippen molar-refractivity contribution in [2.24, 2.45) is 0 Å². The van der Waals surface area contributed by atoms with Crippen LogP contribution in [0.5, 0.6) is 0 Å². The van der Waals surface area contributed by atoms with Crippen LogP contribution in [0.3, 0.4) is 0 Å². The van der Waals surface area contributed by atoms with Crippen LogP contribution < -0.4 is 10.6 Å². The van der Waals surface area contributed by atoms with Crippen LogP contribution in [0.25, 0.3) is 0 Å². The molecular formula is C19H24N4O3S. The molecule has 3 N–H and O–H groups in total. The Morgan fingerprint density at radius 3 is 2.67 bits per heavy atom. The summed E-state index contributed by atoms with van der Waals surface area (Å²) in [6, 6.07) is 7.70. The molecule has 0 atom stereocenters. The summed E-state index contributed by atoms with van der Waals surface area (Å²) in [5.74, 6) is -0.239. The van der Waals surface area contributed by atoms with Crippen LogP contribution in [0, 0.1) is 0 Å². The first kappa shape index (κ1) is 20.7. The number of thioether (sulfide) groups is 1. The number of anilines is 1. The highest BCUT2D eigenvalue weighted by Gasteiger charge is 2.14. The lowest BCUT2D eigenvalue weighted by Gasteiger charge is -2.10. The van der Waals surface area contributed by atoms with Gasteiger partial charge in [0.15, 0.2) is 5.16 Å². The number of aliphatic hydroxyl groups excluding tert-OH is 1. The summed E-state index contributed by atoms with van der Waals surface area (Å²) in [4.78, 5) is 28.3. The first-order valence-corrected chi connectivity index (χ1v) is 9.60. The minimum Gasteiger partial charge on any atom is -0.390 e. The van der Waals surface area contributed by atoms with Crippen molar-refractivity contribution < 1.29 is 14.7 Å². The molecule has 1 heterocycles. The number of imidazole rings is 1. The van der Waals surface area contributed by atoms with E-state index in [1.165, 1.54) is 23.5 Å². The van der Waals surface area contributed by atoms with Gasteiger partial charge in [-0.3, -0.25) is 9.59 Å². The Labute approximate surface area is 162 Å². The molecule has 0 saturated heterocycles. The third-order valence-corrected chi connectivity index (χ3v) is 4.78. The summed E-state index contributed by atoms with van der Waals surface area (Å²) in [6.07, 6.45) is 4.04. The van der Waals surface area contributed by atoms with Crippen molar-refractivity contribution in [1.82, 2.24) is 14.9 Å². The van der Waals surface area contributed by atoms with Gasteiger partial charge in [-0.25, -0.2) is 4.98 Å². The molecule has 1 aromatic carbocycles. The monoisotopic (exact) mass is 388 g/mol. The van der Waals surface area contributed by atoms with Crippen molar-refractivity contribution in [3.63, 3.8) is 0 Å². The number of aromatic nitrogens is 2. The van der Waals surface area contributed by atoms with Gasteiger partial charge in [-0.1, -0.05) is 36.9 Å². The van der Waals surface area contributed by atoms with E-state index in [4.69, 9.17) is 0 Å². The van der Waals surface area contributed by atoms with Crippen molar-refractivity contribution in [2.75, 3.05) is 17.6 Å². The highest BCUT2D eigenvalue weighted by atomic mass is 32.2. The lowest BCUT2D eigenvalue weighted by molar-refractivity contribution is -0.121. The molecule has 0 aliphatic rings. The highest BCUT2D eigenvalue weighted by Crippen LogP contribution is 2.19. The Morgan fingerprint density at radius 2 is 2.04 bits per heavy atom. The van der Waals surface area contributed by atoms with E-state index in [0.29, 0.717) is 17.4 Å². The Kier molecular flexibility index (Phi) is 8.09. The van der Waals surface area contributed by atoms with Gasteiger partial charge in [0.2, 0.25) is 11.8 Å². The zero-order chi connectivity index (χ0) is 19.6. The average molecular weight is 388 g/mol. The minimum atomic E-state index is -0.238. The number of aryl methyl sites for hydroxylation is 1. The maximum absolute atomic E-state index is 12.2. The molecule has 7 nitrogen and oxygen atoms in total. The Balaban J connectivity index is 1.95. The quantitative estimate of drug-likeness (QED) is 0.427. The number of nitrogens with zero attached hydrogens (tertiary/aromatic N) is 2. The van der Waals surface area contributed by atoms with Gasteiger partial charge < -0.3 is 20.3 Å². The maximum atomic E-state index is 12.2. The summed E-state index contributed by atoms with van der Waals surface area (Å²) in [5.41, 5.74) is 2.46. The molecule has 2 rings (SSSR count). The fourth-order valence-electron chi connectivity index (χ4n) is 2.34. The van der Waals surface area contributed by atoms with Crippen LogP contribution >= 0.6 is 11.8 Å². The molecule has 0 saturated carbocycles. The zero-order valence-corrected chi connectivity index (χ0v) is 16.1. The smallest absolute Gasteiger partial charge is 0.240 e. The topological polar surface area (TPSA) is 96.2 Å². The molecule has 0 radical (unpaired) electrons. The number of carbonyl (C=O) groups excluding carboxylic acids is 2. The summed E-state index contributed by atoms with van der Waals surface area (Å²) in [7, 11) is 0. The van der Waals surface area contributed by atoms with Crippen LogP contribution in [0.4, 0.5) is 5.69 Å². The summed E-state index contributed by atoms with van der Waals surface area (Å²) in [5, 5.41) is 15.5. The fourth-order valence-corrected chi connectivity index (χ4v) is 3.14. The van der Waals surface area contributed by atoms with Gasteiger partial charge in [0.25, 0.3) is 0 Å². The van der Waals surface area contributed by atoms with Crippen molar-refractivity contribution >= 4 is 29.3 Å². The average Bonchev–Trinajstić information content (AvgIpc) is 3.06. The van der Waals surface area contributed by atoms with E-state index < -0.39 is 0 Å². The summed E-state index contributed by atoms with van der Waals surface area (Å²) in [6.45, 7) is 5.77. The van der Waals surface area contributed by atoms with E-state index in [1.54, 1.807) is 10.6 Å². The van der Waals surface area contributed by atoms with Gasteiger partial charge in [0.1, 0.15) is 6.54 Å². The first-order chi connectivity index (χ1) is 13.1. The molecule has 8 heteroatoms. The molecule has 144 valence electrons. The van der Waals surface area contributed by atoms with Crippen molar-refractivity contribution in [1.29, 1.82) is 0 Å². The minimum absolute atomic E-state index is 0.0200. The zero-order valence-electron chi connectivity index (χ0n) is 15.3. The third-order valence-electron chi connectivity index (χ3n) is 3.79. The molecule has 0 unspecified atom stereocenters. The maximum Gasteiger partial charge on any atom is 0.240 e. The largest absolute Gasteiger partial charge is 0.390 e. The van der Waals surface area contributed by atoms with Gasteiger partial charge in [0.05, 0.1) is 24.3 Å². The van der Waals surface area contributed by atoms with Crippen molar-refractivity contribution in [3.05, 3.63) is 54.4 Å². The molecule has 1 aromatic heterocycles. The van der Waals surface area contributed by atoms with E-state index in [9.17, 15) is 14.7 Å².